The summed E-state index contributed by atoms with van der Waals surface area (Å²) in [6.07, 6.45) is 5.42. The molecule has 0 nitrogen and oxygen atoms in total. The van der Waals surface area contributed by atoms with E-state index in [0.29, 0.717) is 0 Å². The van der Waals surface area contributed by atoms with Crippen LogP contribution in [0.1, 0.15) is 12.5 Å². The van der Waals surface area contributed by atoms with Crippen LogP contribution in [0.15, 0.2) is 84.9 Å². The summed E-state index contributed by atoms with van der Waals surface area (Å²) in [5.41, 5.74) is 4.32. The van der Waals surface area contributed by atoms with Crippen molar-refractivity contribution in [1.82, 2.24) is 0 Å². The Morgan fingerprint density at radius 3 is 1.83 bits per heavy atom. The van der Waals surface area contributed by atoms with E-state index in [9.17, 15) is 0 Å². The molecule has 0 saturated heterocycles. The van der Waals surface area contributed by atoms with Crippen molar-refractivity contribution in [2.24, 2.45) is 0 Å². The van der Waals surface area contributed by atoms with Crippen molar-refractivity contribution in [2.45, 2.75) is 13.3 Å². The van der Waals surface area contributed by atoms with Crippen LogP contribution in [0.3, 0.4) is 0 Å². The number of hydrogen-bond donors (Lipinski definition) is 0. The van der Waals surface area contributed by atoms with Crippen molar-refractivity contribution < 1.29 is 0 Å². The molecule has 1 radical (unpaired) electrons. The Morgan fingerprint density at radius 2 is 1.22 bits per heavy atom. The third-order valence-electron chi connectivity index (χ3n) is 4.54. The first-order valence-corrected chi connectivity index (χ1v) is 9.65. The van der Waals surface area contributed by atoms with Gasteiger partial charge in [-0.3, -0.25) is 0 Å². The van der Waals surface area contributed by atoms with Crippen molar-refractivity contribution in [1.29, 1.82) is 0 Å². The predicted molar refractivity (Wildman–Crippen MR) is 101 cm³/mol. The van der Waals surface area contributed by atoms with E-state index in [1.807, 2.05) is 0 Å². The first-order chi connectivity index (χ1) is 11.4. The molecule has 0 spiro atoms. The lowest BCUT2D eigenvalue weighted by molar-refractivity contribution is 1.28. The van der Waals surface area contributed by atoms with Crippen LogP contribution in [-0.4, -0.2) is 8.80 Å². The maximum atomic E-state index is 2.34. The zero-order valence-electron chi connectivity index (χ0n) is 13.3. The van der Waals surface area contributed by atoms with Gasteiger partial charge in [0.05, 0.1) is 0 Å². The van der Waals surface area contributed by atoms with E-state index in [2.05, 4.69) is 91.9 Å². The number of fused-ring (bicyclic) bond motifs is 3. The lowest BCUT2D eigenvalue weighted by Gasteiger charge is -2.16. The monoisotopic (exact) mass is 311 g/mol. The summed E-state index contributed by atoms with van der Waals surface area (Å²) in [6, 6.07) is 26.9. The molecule has 0 atom stereocenters. The highest BCUT2D eigenvalue weighted by Crippen LogP contribution is 2.22. The molecule has 0 unspecified atom stereocenters. The van der Waals surface area contributed by atoms with Crippen molar-refractivity contribution in [3.05, 3.63) is 90.5 Å². The van der Waals surface area contributed by atoms with Crippen molar-refractivity contribution in [3.8, 4) is 11.1 Å². The van der Waals surface area contributed by atoms with Crippen LogP contribution in [0.2, 0.25) is 0 Å². The summed E-state index contributed by atoms with van der Waals surface area (Å²) >= 11 is 0. The van der Waals surface area contributed by atoms with E-state index in [4.69, 9.17) is 0 Å². The standard InChI is InChI=1S/C22H19Si/c1-2-3-10-17-11-4-7-14-20(17)23-21-15-8-5-12-18(21)19-13-6-9-16-22(19)23/h2-9,11-16H,10H2,1H3/b3-2-. The molecule has 3 aromatic rings. The van der Waals surface area contributed by atoms with Crippen molar-refractivity contribution in [2.75, 3.05) is 0 Å². The van der Waals surface area contributed by atoms with Gasteiger partial charge in [-0.05, 0) is 45.6 Å². The molecular weight excluding hydrogens is 292 g/mol. The number of hydrogen-bond acceptors (Lipinski definition) is 0. The Labute approximate surface area is 139 Å². The maximum Gasteiger partial charge on any atom is 0.156 e. The van der Waals surface area contributed by atoms with Gasteiger partial charge < -0.3 is 0 Å². The third-order valence-corrected chi connectivity index (χ3v) is 7.52. The van der Waals surface area contributed by atoms with Crippen LogP contribution < -0.4 is 15.6 Å². The second kappa shape index (κ2) is 6.02. The van der Waals surface area contributed by atoms with Gasteiger partial charge >= 0.3 is 0 Å². The molecule has 0 N–H and O–H groups in total. The molecule has 0 aliphatic carbocycles. The van der Waals surface area contributed by atoms with E-state index in [1.54, 1.807) is 0 Å². The Bertz CT molecular complexity index is 831. The molecule has 0 bridgehead atoms. The topological polar surface area (TPSA) is 0 Å². The molecule has 0 saturated carbocycles. The SMILES string of the molecule is C/C=C\Cc1ccccc1[Si]1c2ccccc2-c2ccccc21. The minimum absolute atomic E-state index is 0.897. The van der Waals surface area contributed by atoms with Crippen molar-refractivity contribution in [3.63, 3.8) is 0 Å². The average molecular weight is 311 g/mol. The highest BCUT2D eigenvalue weighted by Gasteiger charge is 2.32. The quantitative estimate of drug-likeness (QED) is 0.402. The van der Waals surface area contributed by atoms with E-state index in [1.165, 1.54) is 32.3 Å². The molecule has 0 aromatic heterocycles. The van der Waals surface area contributed by atoms with Crippen LogP contribution in [-0.2, 0) is 6.42 Å². The molecule has 111 valence electrons. The predicted octanol–water partition coefficient (Wildman–Crippen LogP) is 3.30. The van der Waals surface area contributed by atoms with Gasteiger partial charge in [-0.2, -0.15) is 0 Å². The van der Waals surface area contributed by atoms with Gasteiger partial charge in [0, 0.05) is 0 Å². The summed E-state index contributed by atoms with van der Waals surface area (Å²) in [5, 5.41) is 4.60. The Morgan fingerprint density at radius 1 is 0.696 bits per heavy atom. The average Bonchev–Trinajstić information content (AvgIpc) is 2.95. The molecule has 0 fully saturated rings. The fourth-order valence-corrected chi connectivity index (χ4v) is 6.63. The molecule has 1 heteroatoms. The van der Waals surface area contributed by atoms with Crippen LogP contribution in [0.5, 0.6) is 0 Å². The summed E-state index contributed by atoms with van der Waals surface area (Å²) < 4.78 is 0. The molecule has 1 aliphatic rings. The second-order valence-corrected chi connectivity index (χ2v) is 8.26. The van der Waals surface area contributed by atoms with Crippen LogP contribution >= 0.6 is 0 Å². The lowest BCUT2D eigenvalue weighted by atomic mass is 10.1. The largest absolute Gasteiger partial charge is 0.156 e. The van der Waals surface area contributed by atoms with E-state index < -0.39 is 8.80 Å². The molecule has 0 amide bonds. The molecule has 3 aromatic carbocycles. The highest BCUT2D eigenvalue weighted by molar-refractivity contribution is 6.99. The van der Waals surface area contributed by atoms with Crippen LogP contribution in [0.25, 0.3) is 11.1 Å². The number of allylic oxidation sites excluding steroid dienone is 2. The first kappa shape index (κ1) is 14.2. The molecule has 23 heavy (non-hydrogen) atoms. The third kappa shape index (κ3) is 2.38. The van der Waals surface area contributed by atoms with Gasteiger partial charge in [-0.15, -0.1) is 0 Å². The van der Waals surface area contributed by atoms with Crippen LogP contribution in [0, 0.1) is 0 Å². The highest BCUT2D eigenvalue weighted by atomic mass is 28.3. The minimum Gasteiger partial charge on any atom is -0.0913 e. The van der Waals surface area contributed by atoms with Gasteiger partial charge in [0.1, 0.15) is 0 Å². The normalized spacial score (nSPS) is 13.3. The smallest absolute Gasteiger partial charge is 0.0913 e. The van der Waals surface area contributed by atoms with Crippen molar-refractivity contribution >= 4 is 24.4 Å². The first-order valence-electron chi connectivity index (χ1n) is 8.15. The molecule has 1 heterocycles. The fourth-order valence-electron chi connectivity index (χ4n) is 3.49. The maximum absolute atomic E-state index is 2.34. The second-order valence-electron chi connectivity index (χ2n) is 5.90. The molecule has 1 aliphatic heterocycles. The molecule has 4 rings (SSSR count). The minimum atomic E-state index is -0.897. The summed E-state index contributed by atoms with van der Waals surface area (Å²) in [6.45, 7) is 2.09. The zero-order chi connectivity index (χ0) is 15.6. The lowest BCUT2D eigenvalue weighted by Crippen LogP contribution is -2.50. The zero-order valence-corrected chi connectivity index (χ0v) is 14.3. The van der Waals surface area contributed by atoms with E-state index >= 15 is 0 Å². The molecular formula is C22H19Si. The summed E-state index contributed by atoms with van der Waals surface area (Å²) in [5.74, 6) is 0. The van der Waals surface area contributed by atoms with Gasteiger partial charge in [0.15, 0.2) is 8.80 Å². The van der Waals surface area contributed by atoms with Gasteiger partial charge in [-0.25, -0.2) is 0 Å². The Balaban J connectivity index is 1.93. The summed E-state index contributed by atoms with van der Waals surface area (Å²) in [4.78, 5) is 0. The van der Waals surface area contributed by atoms with E-state index in [-0.39, 0.29) is 0 Å². The van der Waals surface area contributed by atoms with E-state index in [0.717, 1.165) is 6.42 Å². The van der Waals surface area contributed by atoms with Crippen LogP contribution in [0.4, 0.5) is 0 Å². The van der Waals surface area contributed by atoms with Gasteiger partial charge in [0.2, 0.25) is 0 Å². The Kier molecular flexibility index (Phi) is 3.72. The van der Waals surface area contributed by atoms with Gasteiger partial charge in [0.25, 0.3) is 0 Å². The van der Waals surface area contributed by atoms with Gasteiger partial charge in [-0.1, -0.05) is 84.9 Å². The number of benzene rings is 3. The Hall–Kier alpha value is -2.38. The number of rotatable bonds is 3. The fraction of sp³-hybridized carbons (Fsp3) is 0.0909. The summed E-state index contributed by atoms with van der Waals surface area (Å²) in [7, 11) is -0.897.